The summed E-state index contributed by atoms with van der Waals surface area (Å²) in [5.74, 6) is -1.01. The van der Waals surface area contributed by atoms with Crippen molar-refractivity contribution >= 4 is 14.2 Å². The molecule has 66 valence electrons. The summed E-state index contributed by atoms with van der Waals surface area (Å²) in [6.45, 7) is -0.365. The van der Waals surface area contributed by atoms with Gasteiger partial charge in [0.25, 0.3) is 0 Å². The van der Waals surface area contributed by atoms with Crippen LogP contribution in [0.25, 0.3) is 0 Å². The lowest BCUT2D eigenvalue weighted by atomic mass is 10.6. The first-order chi connectivity index (χ1) is 5.02. The summed E-state index contributed by atoms with van der Waals surface area (Å²) < 4.78 is 14.2. The molecule has 0 aliphatic carbocycles. The molecular weight excluding hydrogens is 173 g/mol. The topological polar surface area (TPSA) is 87.1 Å². The van der Waals surface area contributed by atoms with Crippen LogP contribution in [0, 0.1) is 0 Å². The molecule has 2 N–H and O–H groups in total. The summed E-state index contributed by atoms with van der Waals surface area (Å²) in [6, 6.07) is 0. The van der Waals surface area contributed by atoms with Gasteiger partial charge in [-0.25, -0.2) is 0 Å². The average molecular weight is 183 g/mol. The van der Waals surface area contributed by atoms with Crippen molar-refractivity contribution in [3.63, 3.8) is 0 Å². The van der Waals surface area contributed by atoms with Crippen LogP contribution in [-0.2, 0) is 13.9 Å². The number of hydrogen-bond donors (Lipinski definition) is 2. The summed E-state index contributed by atoms with van der Waals surface area (Å²) in [6.07, 6.45) is 0. The molecule has 0 amide bonds. The predicted octanol–water partition coefficient (Wildman–Crippen LogP) is -0.641. The van der Waals surface area contributed by atoms with Crippen molar-refractivity contribution in [2.24, 2.45) is 0 Å². The predicted molar refractivity (Wildman–Crippen MR) is 37.4 cm³/mol. The molecule has 6 nitrogen and oxygen atoms in total. The lowest BCUT2D eigenvalue weighted by molar-refractivity contribution is -0.138. The van der Waals surface area contributed by atoms with E-state index in [0.29, 0.717) is 0 Å². The molecule has 0 fully saturated rings. The lowest BCUT2D eigenvalue weighted by Gasteiger charge is -2.11. The molecule has 0 spiro atoms. The Labute approximate surface area is 64.3 Å². The van der Waals surface area contributed by atoms with E-state index in [1.54, 1.807) is 0 Å². The molecule has 0 rings (SSSR count). The average Bonchev–Trinajstić information content (AvgIpc) is 1.82. The van der Waals surface area contributed by atoms with Crippen molar-refractivity contribution in [1.82, 2.24) is 4.90 Å². The van der Waals surface area contributed by atoms with E-state index in [0.717, 1.165) is 0 Å². The van der Waals surface area contributed by atoms with Crippen LogP contribution in [0.4, 0.5) is 0 Å². The zero-order valence-corrected chi connectivity index (χ0v) is 6.98. The SMILES string of the molecule is CN(CO[PH](=O)O)CC(=O)O. The van der Waals surface area contributed by atoms with Crippen LogP contribution in [0.15, 0.2) is 0 Å². The molecular formula is C4H10NO5P. The maximum atomic E-state index is 10.0. The van der Waals surface area contributed by atoms with E-state index in [4.69, 9.17) is 10.00 Å². The molecule has 1 atom stereocenters. The van der Waals surface area contributed by atoms with Gasteiger partial charge in [0.05, 0.1) is 6.54 Å². The fourth-order valence-corrected chi connectivity index (χ4v) is 0.773. The van der Waals surface area contributed by atoms with Crippen LogP contribution in [0.3, 0.4) is 0 Å². The highest BCUT2D eigenvalue weighted by molar-refractivity contribution is 7.32. The Bertz CT molecular complexity index is 161. The normalized spacial score (nSPS) is 13.4. The molecule has 7 heteroatoms. The smallest absolute Gasteiger partial charge is 0.317 e. The van der Waals surface area contributed by atoms with Crippen LogP contribution in [-0.4, -0.2) is 41.2 Å². The highest BCUT2D eigenvalue weighted by Crippen LogP contribution is 2.13. The lowest BCUT2D eigenvalue weighted by Crippen LogP contribution is -2.26. The van der Waals surface area contributed by atoms with Gasteiger partial charge < -0.3 is 10.00 Å². The Morgan fingerprint density at radius 2 is 2.27 bits per heavy atom. The van der Waals surface area contributed by atoms with Crippen LogP contribution in [0.5, 0.6) is 0 Å². The summed E-state index contributed by atoms with van der Waals surface area (Å²) >= 11 is 0. The van der Waals surface area contributed by atoms with E-state index in [2.05, 4.69) is 4.52 Å². The second-order valence-corrected chi connectivity index (χ2v) is 2.77. The van der Waals surface area contributed by atoms with Gasteiger partial charge in [0, 0.05) is 0 Å². The number of hydrogen-bond acceptors (Lipinski definition) is 4. The monoisotopic (exact) mass is 183 g/mol. The Kier molecular flexibility index (Phi) is 5.06. The van der Waals surface area contributed by atoms with Gasteiger partial charge in [-0.1, -0.05) is 0 Å². The number of likely N-dealkylation sites (N-methyl/N-ethyl adjacent to an activating group) is 1. The van der Waals surface area contributed by atoms with Crippen LogP contribution in [0.2, 0.25) is 0 Å². The molecule has 0 aliphatic heterocycles. The zero-order chi connectivity index (χ0) is 8.85. The van der Waals surface area contributed by atoms with E-state index >= 15 is 0 Å². The molecule has 0 aromatic heterocycles. The minimum absolute atomic E-state index is 0.152. The first-order valence-corrected chi connectivity index (χ1v) is 4.05. The third-order valence-corrected chi connectivity index (χ3v) is 1.19. The van der Waals surface area contributed by atoms with E-state index in [9.17, 15) is 9.36 Å². The summed E-state index contributed by atoms with van der Waals surface area (Å²) in [5.41, 5.74) is 0. The summed E-state index contributed by atoms with van der Waals surface area (Å²) in [7, 11) is -1.48. The quantitative estimate of drug-likeness (QED) is 0.435. The highest BCUT2D eigenvalue weighted by atomic mass is 31.1. The van der Waals surface area contributed by atoms with Gasteiger partial charge in [-0.05, 0) is 7.05 Å². The van der Waals surface area contributed by atoms with Crippen molar-refractivity contribution in [3.05, 3.63) is 0 Å². The fraction of sp³-hybridized carbons (Fsp3) is 0.750. The van der Waals surface area contributed by atoms with Gasteiger partial charge in [0.2, 0.25) is 0 Å². The number of nitrogens with zero attached hydrogens (tertiary/aromatic N) is 1. The zero-order valence-electron chi connectivity index (χ0n) is 5.98. The molecule has 1 unspecified atom stereocenters. The fourth-order valence-electron chi connectivity index (χ4n) is 0.442. The Balaban J connectivity index is 3.44. The first kappa shape index (κ1) is 10.6. The number of aliphatic carboxylic acids is 1. The second-order valence-electron chi connectivity index (χ2n) is 1.95. The number of carboxylic acids is 1. The molecule has 0 aromatic carbocycles. The van der Waals surface area contributed by atoms with Gasteiger partial charge in [-0.2, -0.15) is 0 Å². The van der Waals surface area contributed by atoms with Crippen molar-refractivity contribution in [3.8, 4) is 0 Å². The van der Waals surface area contributed by atoms with E-state index in [1.807, 2.05) is 0 Å². The van der Waals surface area contributed by atoms with E-state index < -0.39 is 14.2 Å². The minimum Gasteiger partial charge on any atom is -0.480 e. The molecule has 0 aliphatic rings. The molecule has 0 radical (unpaired) electrons. The van der Waals surface area contributed by atoms with E-state index in [-0.39, 0.29) is 13.3 Å². The Morgan fingerprint density at radius 1 is 1.73 bits per heavy atom. The highest BCUT2D eigenvalue weighted by Gasteiger charge is 2.04. The van der Waals surface area contributed by atoms with Gasteiger partial charge in [-0.15, -0.1) is 0 Å². The van der Waals surface area contributed by atoms with Crippen LogP contribution < -0.4 is 0 Å². The standard InChI is InChI=1S/C4H10NO5P/c1-5(2-4(6)7)3-10-11(8)9/h11H,2-3H2,1H3,(H,6,7)(H,8,9). The third-order valence-electron chi connectivity index (χ3n) is 0.814. The van der Waals surface area contributed by atoms with Crippen molar-refractivity contribution in [1.29, 1.82) is 0 Å². The van der Waals surface area contributed by atoms with E-state index in [1.165, 1.54) is 11.9 Å². The van der Waals surface area contributed by atoms with Gasteiger partial charge in [0.15, 0.2) is 0 Å². The Hall–Kier alpha value is -0.420. The molecule has 0 aromatic rings. The van der Waals surface area contributed by atoms with Gasteiger partial charge in [0.1, 0.15) is 6.73 Å². The van der Waals surface area contributed by atoms with Crippen LogP contribution >= 0.6 is 8.25 Å². The molecule has 0 heterocycles. The number of carboxylic acid groups (broad SMARTS) is 1. The van der Waals surface area contributed by atoms with Gasteiger partial charge in [-0.3, -0.25) is 18.8 Å². The van der Waals surface area contributed by atoms with Crippen LogP contribution in [0.1, 0.15) is 0 Å². The molecule has 11 heavy (non-hydrogen) atoms. The largest absolute Gasteiger partial charge is 0.480 e. The van der Waals surface area contributed by atoms with Gasteiger partial charge >= 0.3 is 14.2 Å². The maximum absolute atomic E-state index is 10.0. The third kappa shape index (κ3) is 7.48. The number of carbonyl (C=O) groups is 1. The summed E-state index contributed by atoms with van der Waals surface area (Å²) in [4.78, 5) is 19.5. The van der Waals surface area contributed by atoms with Crippen molar-refractivity contribution < 1.29 is 23.9 Å². The first-order valence-electron chi connectivity index (χ1n) is 2.78. The molecule has 0 bridgehead atoms. The molecule has 0 saturated carbocycles. The maximum Gasteiger partial charge on any atom is 0.317 e. The molecule has 0 saturated heterocycles. The summed E-state index contributed by atoms with van der Waals surface area (Å²) in [5, 5.41) is 8.22. The van der Waals surface area contributed by atoms with Crippen molar-refractivity contribution in [2.75, 3.05) is 20.3 Å². The Morgan fingerprint density at radius 3 is 2.64 bits per heavy atom. The number of rotatable bonds is 5. The second kappa shape index (κ2) is 5.26. The van der Waals surface area contributed by atoms with Crippen molar-refractivity contribution in [2.45, 2.75) is 0 Å². The minimum atomic E-state index is -2.95.